The Morgan fingerprint density at radius 3 is 2.38 bits per heavy atom. The van der Waals surface area contributed by atoms with E-state index in [-0.39, 0.29) is 29.6 Å². The lowest BCUT2D eigenvalue weighted by Crippen LogP contribution is -2.49. The van der Waals surface area contributed by atoms with Crippen molar-refractivity contribution in [3.05, 3.63) is 101 Å². The third-order valence-corrected chi connectivity index (χ3v) is 6.45. The first-order valence-corrected chi connectivity index (χ1v) is 12.1. The van der Waals surface area contributed by atoms with Gasteiger partial charge in [0.15, 0.2) is 5.65 Å². The Kier molecular flexibility index (Phi) is 6.85. The lowest BCUT2D eigenvalue weighted by atomic mass is 10.1. The first kappa shape index (κ1) is 24.1. The fraction of sp³-hybridized carbons (Fsp3) is 0.214. The molecule has 0 unspecified atom stereocenters. The molecule has 1 saturated heterocycles. The van der Waals surface area contributed by atoms with Crippen molar-refractivity contribution >= 4 is 28.8 Å². The van der Waals surface area contributed by atoms with Crippen molar-refractivity contribution in [1.82, 2.24) is 14.3 Å². The van der Waals surface area contributed by atoms with Crippen molar-refractivity contribution in [2.45, 2.75) is 6.42 Å². The van der Waals surface area contributed by atoms with Crippen LogP contribution in [-0.4, -0.2) is 59.4 Å². The highest BCUT2D eigenvalue weighted by molar-refractivity contribution is 6.00. The predicted octanol–water partition coefficient (Wildman–Crippen LogP) is 2.85. The molecule has 0 radical (unpaired) electrons. The van der Waals surface area contributed by atoms with E-state index in [4.69, 9.17) is 4.74 Å². The van der Waals surface area contributed by atoms with Crippen LogP contribution in [0.4, 0.5) is 11.4 Å². The zero-order chi connectivity index (χ0) is 25.8. The quantitative estimate of drug-likeness (QED) is 0.440. The summed E-state index contributed by atoms with van der Waals surface area (Å²) in [6, 6.07) is 20.6. The van der Waals surface area contributed by atoms with Gasteiger partial charge in [-0.05, 0) is 42.0 Å². The van der Waals surface area contributed by atoms with Crippen LogP contribution in [0.25, 0.3) is 5.65 Å². The number of piperazine rings is 1. The molecule has 4 aromatic rings. The third-order valence-electron chi connectivity index (χ3n) is 6.45. The lowest BCUT2D eigenvalue weighted by Gasteiger charge is -2.36. The fourth-order valence-electron chi connectivity index (χ4n) is 4.46. The SMILES string of the molecule is COc1ccc(CC(=O)Nc2cnc3c(C(=O)N4CCN(c5ccccc5)CC4)cccn3c2=O)cc1. The molecule has 9 heteroatoms. The zero-order valence-corrected chi connectivity index (χ0v) is 20.5. The molecule has 1 aliphatic rings. The van der Waals surface area contributed by atoms with Gasteiger partial charge in [0.25, 0.3) is 11.5 Å². The van der Waals surface area contributed by atoms with Gasteiger partial charge in [0, 0.05) is 38.1 Å². The molecule has 0 aliphatic carbocycles. The number of anilines is 2. The molecule has 0 atom stereocenters. The largest absolute Gasteiger partial charge is 0.497 e. The van der Waals surface area contributed by atoms with E-state index in [9.17, 15) is 14.4 Å². The number of hydrogen-bond donors (Lipinski definition) is 1. The third kappa shape index (κ3) is 5.16. The molecule has 188 valence electrons. The Labute approximate surface area is 213 Å². The predicted molar refractivity (Wildman–Crippen MR) is 141 cm³/mol. The number of ether oxygens (including phenoxy) is 1. The van der Waals surface area contributed by atoms with Gasteiger partial charge in [-0.3, -0.25) is 18.8 Å². The Balaban J connectivity index is 1.30. The van der Waals surface area contributed by atoms with Crippen molar-refractivity contribution in [2.75, 3.05) is 43.5 Å². The number of amides is 2. The van der Waals surface area contributed by atoms with Crippen LogP contribution in [0, 0.1) is 0 Å². The monoisotopic (exact) mass is 497 g/mol. The number of aromatic nitrogens is 2. The fourth-order valence-corrected chi connectivity index (χ4v) is 4.46. The molecule has 0 bridgehead atoms. The molecule has 9 nitrogen and oxygen atoms in total. The number of carbonyl (C=O) groups excluding carboxylic acids is 2. The van der Waals surface area contributed by atoms with Gasteiger partial charge in [-0.15, -0.1) is 0 Å². The van der Waals surface area contributed by atoms with Crippen molar-refractivity contribution in [3.63, 3.8) is 0 Å². The van der Waals surface area contributed by atoms with Gasteiger partial charge in [-0.25, -0.2) is 4.98 Å². The molecule has 0 spiro atoms. The van der Waals surface area contributed by atoms with Crippen molar-refractivity contribution in [1.29, 1.82) is 0 Å². The molecule has 1 fully saturated rings. The first-order valence-electron chi connectivity index (χ1n) is 12.1. The van der Waals surface area contributed by atoms with E-state index in [1.165, 1.54) is 10.6 Å². The summed E-state index contributed by atoms with van der Waals surface area (Å²) in [5.41, 5.74) is 2.13. The van der Waals surface area contributed by atoms with Gasteiger partial charge < -0.3 is 19.9 Å². The average molecular weight is 498 g/mol. The van der Waals surface area contributed by atoms with E-state index >= 15 is 0 Å². The number of para-hydroxylation sites is 1. The van der Waals surface area contributed by atoms with Gasteiger partial charge in [-0.2, -0.15) is 0 Å². The normalized spacial score (nSPS) is 13.4. The number of carbonyl (C=O) groups is 2. The Hall–Kier alpha value is -4.66. The maximum Gasteiger partial charge on any atom is 0.281 e. The first-order chi connectivity index (χ1) is 18.0. The average Bonchev–Trinajstić information content (AvgIpc) is 2.95. The number of pyridine rings is 1. The van der Waals surface area contributed by atoms with E-state index in [2.05, 4.69) is 27.3 Å². The van der Waals surface area contributed by atoms with Crippen molar-refractivity contribution in [2.24, 2.45) is 0 Å². The summed E-state index contributed by atoms with van der Waals surface area (Å²) in [7, 11) is 1.58. The molecule has 1 N–H and O–H groups in total. The number of nitrogens with zero attached hydrogens (tertiary/aromatic N) is 4. The molecule has 3 heterocycles. The Morgan fingerprint density at radius 2 is 1.68 bits per heavy atom. The molecule has 2 amide bonds. The molecular weight excluding hydrogens is 470 g/mol. The minimum atomic E-state index is -0.448. The van der Waals surface area contributed by atoms with E-state index in [1.807, 2.05) is 18.2 Å². The second-order valence-corrected chi connectivity index (χ2v) is 8.78. The van der Waals surface area contributed by atoms with Crippen LogP contribution < -0.4 is 20.5 Å². The molecule has 37 heavy (non-hydrogen) atoms. The van der Waals surface area contributed by atoms with Crippen molar-refractivity contribution in [3.8, 4) is 5.75 Å². The summed E-state index contributed by atoms with van der Waals surface area (Å²) in [4.78, 5) is 47.4. The van der Waals surface area contributed by atoms with Crippen LogP contribution in [0.1, 0.15) is 15.9 Å². The number of rotatable bonds is 6. The number of hydrogen-bond acceptors (Lipinski definition) is 6. The van der Waals surface area contributed by atoms with Crippen LogP contribution in [-0.2, 0) is 11.2 Å². The number of methoxy groups -OCH3 is 1. The molecular formula is C28H27N5O4. The Morgan fingerprint density at radius 1 is 0.946 bits per heavy atom. The summed E-state index contributed by atoms with van der Waals surface area (Å²) in [5.74, 6) is 0.186. The van der Waals surface area contributed by atoms with Crippen molar-refractivity contribution < 1.29 is 14.3 Å². The second kappa shape index (κ2) is 10.5. The van der Waals surface area contributed by atoms with Gasteiger partial charge in [0.05, 0.1) is 25.3 Å². The number of benzene rings is 2. The van der Waals surface area contributed by atoms with Gasteiger partial charge >= 0.3 is 0 Å². The maximum atomic E-state index is 13.4. The second-order valence-electron chi connectivity index (χ2n) is 8.78. The minimum Gasteiger partial charge on any atom is -0.497 e. The zero-order valence-electron chi connectivity index (χ0n) is 20.5. The summed E-state index contributed by atoms with van der Waals surface area (Å²) < 4.78 is 6.43. The topological polar surface area (TPSA) is 96.2 Å². The summed E-state index contributed by atoms with van der Waals surface area (Å²) in [5, 5.41) is 2.65. The summed E-state index contributed by atoms with van der Waals surface area (Å²) in [6.07, 6.45) is 2.96. The Bertz CT molecular complexity index is 1480. The van der Waals surface area contributed by atoms with Crippen LogP contribution in [0.3, 0.4) is 0 Å². The smallest absolute Gasteiger partial charge is 0.281 e. The van der Waals surface area contributed by atoms with E-state index in [0.29, 0.717) is 24.4 Å². The number of fused-ring (bicyclic) bond motifs is 1. The van der Waals surface area contributed by atoms with E-state index in [1.54, 1.807) is 54.6 Å². The van der Waals surface area contributed by atoms with Gasteiger partial charge in [-0.1, -0.05) is 30.3 Å². The summed E-state index contributed by atoms with van der Waals surface area (Å²) >= 11 is 0. The highest BCUT2D eigenvalue weighted by Crippen LogP contribution is 2.18. The van der Waals surface area contributed by atoms with E-state index < -0.39 is 5.56 Å². The van der Waals surface area contributed by atoms with Crippen LogP contribution in [0.2, 0.25) is 0 Å². The standard InChI is InChI=1S/C28H27N5O4/c1-37-22-11-9-20(10-12-22)18-25(34)30-24-19-29-26-23(8-5-13-33(26)28(24)36)27(35)32-16-14-31(15-17-32)21-6-3-2-4-7-21/h2-13,19H,14-18H2,1H3,(H,30,34). The van der Waals surface area contributed by atoms with Crippen LogP contribution in [0.15, 0.2) is 83.9 Å². The molecule has 1 aliphatic heterocycles. The molecule has 5 rings (SSSR count). The molecule has 2 aromatic carbocycles. The van der Waals surface area contributed by atoms with Gasteiger partial charge in [0.2, 0.25) is 5.91 Å². The van der Waals surface area contributed by atoms with Gasteiger partial charge in [0.1, 0.15) is 11.4 Å². The highest BCUT2D eigenvalue weighted by Gasteiger charge is 2.24. The number of nitrogens with one attached hydrogen (secondary N) is 1. The van der Waals surface area contributed by atoms with Crippen LogP contribution >= 0.6 is 0 Å². The minimum absolute atomic E-state index is 0.0529. The lowest BCUT2D eigenvalue weighted by molar-refractivity contribution is -0.115. The summed E-state index contributed by atoms with van der Waals surface area (Å²) in [6.45, 7) is 2.58. The van der Waals surface area contributed by atoms with E-state index in [0.717, 1.165) is 24.3 Å². The highest BCUT2D eigenvalue weighted by atomic mass is 16.5. The molecule has 2 aromatic heterocycles. The maximum absolute atomic E-state index is 13.4. The van der Waals surface area contributed by atoms with Crippen LogP contribution in [0.5, 0.6) is 5.75 Å². The molecule has 0 saturated carbocycles.